The van der Waals surface area contributed by atoms with Gasteiger partial charge in [0.05, 0.1) is 71.2 Å². The Bertz CT molecular complexity index is 2750. The van der Waals surface area contributed by atoms with Crippen LogP contribution in [0.2, 0.25) is 0 Å². The Hall–Kier alpha value is -7.81. The van der Waals surface area contributed by atoms with Crippen LogP contribution >= 0.6 is 12.2 Å². The van der Waals surface area contributed by atoms with E-state index in [2.05, 4.69) is 5.32 Å². The number of aromatic nitrogens is 3. The van der Waals surface area contributed by atoms with Gasteiger partial charge in [-0.05, 0) is 77.1 Å². The maximum atomic E-state index is 14.1. The number of carbonyl (C=O) groups excluding carboxylic acids is 2. The van der Waals surface area contributed by atoms with Crippen molar-refractivity contribution >= 4 is 64.4 Å². The fraction of sp³-hybridized carbons (Fsp3) is 0.314. The van der Waals surface area contributed by atoms with Gasteiger partial charge < -0.3 is 35.7 Å². The zero-order valence-corrected chi connectivity index (χ0v) is 39.5. The lowest BCUT2D eigenvalue weighted by Gasteiger charge is -2.45. The summed E-state index contributed by atoms with van der Waals surface area (Å²) in [7, 11) is 0. The summed E-state index contributed by atoms with van der Waals surface area (Å²) in [6.07, 6.45) is 0.575. The molecule has 4 unspecified atom stereocenters. The molecule has 368 valence electrons. The topological polar surface area (TPSA) is 281 Å². The van der Waals surface area contributed by atoms with Gasteiger partial charge in [0.15, 0.2) is 0 Å². The van der Waals surface area contributed by atoms with Gasteiger partial charge in [0.1, 0.15) is 11.8 Å². The summed E-state index contributed by atoms with van der Waals surface area (Å²) in [5.41, 5.74) is 4.37. The maximum Gasteiger partial charge on any atom is 0.326 e. The second-order valence-electron chi connectivity index (χ2n) is 18.3. The quantitative estimate of drug-likeness (QED) is 0.0353. The number of nitrogens with zero attached hydrogens (tertiary/aromatic N) is 6. The fourth-order valence-corrected chi connectivity index (χ4v) is 9.72. The molecular formula is C51H51N7O12S. The monoisotopic (exact) mass is 985 g/mol. The number of amides is 1. The molecule has 2 aromatic carbocycles. The number of hydrogen-bond donors (Lipinski definition) is 6. The van der Waals surface area contributed by atoms with Crippen LogP contribution in [0.25, 0.3) is 33.9 Å². The molecule has 0 spiro atoms. The highest BCUT2D eigenvalue weighted by atomic mass is 32.1. The molecule has 0 bridgehead atoms. The third-order valence-corrected chi connectivity index (χ3v) is 12.7. The summed E-state index contributed by atoms with van der Waals surface area (Å²) in [5, 5.41) is 50.8. The predicted molar refractivity (Wildman–Crippen MR) is 261 cm³/mol. The Morgan fingerprint density at radius 2 is 1.18 bits per heavy atom. The highest BCUT2D eigenvalue weighted by molar-refractivity contribution is 7.80. The highest BCUT2D eigenvalue weighted by Gasteiger charge is 2.63. The number of hydrogen-bond acceptors (Lipinski definition) is 13. The van der Waals surface area contributed by atoms with Gasteiger partial charge in [-0.3, -0.25) is 38.6 Å². The molecular weight excluding hydrogens is 935 g/mol. The number of β-lactam (4-membered cyclic amide) rings is 1. The van der Waals surface area contributed by atoms with E-state index in [1.165, 1.54) is 14.7 Å². The van der Waals surface area contributed by atoms with E-state index in [4.69, 9.17) is 27.2 Å². The van der Waals surface area contributed by atoms with Crippen LogP contribution < -0.4 is 5.32 Å². The lowest BCUT2D eigenvalue weighted by molar-refractivity contribution is -0.166. The first-order chi connectivity index (χ1) is 33.7. The van der Waals surface area contributed by atoms with Crippen molar-refractivity contribution in [2.24, 2.45) is 11.3 Å². The van der Waals surface area contributed by atoms with Gasteiger partial charge >= 0.3 is 29.8 Å². The minimum atomic E-state index is -1.21. The second kappa shape index (κ2) is 21.9. The predicted octanol–water partition coefficient (Wildman–Crippen LogP) is 5.40. The number of nitrogens with one attached hydrogen (secondary N) is 1. The molecule has 2 fully saturated rings. The molecule has 5 aromatic rings. The summed E-state index contributed by atoms with van der Waals surface area (Å²) < 4.78 is 0. The Kier molecular flexibility index (Phi) is 15.7. The number of ketones is 1. The van der Waals surface area contributed by atoms with Crippen LogP contribution in [-0.4, -0.2) is 140 Å². The number of pyridine rings is 3. The zero-order chi connectivity index (χ0) is 51.1. The molecule has 3 aromatic heterocycles. The van der Waals surface area contributed by atoms with E-state index in [1.54, 1.807) is 60.7 Å². The molecule has 7 rings (SSSR count). The average molecular weight is 986 g/mol. The molecule has 4 atom stereocenters. The minimum Gasteiger partial charge on any atom is -0.480 e. The Labute approximate surface area is 412 Å². The number of carboxylic acid groups (broad SMARTS) is 5. The smallest absolute Gasteiger partial charge is 0.326 e. The lowest BCUT2D eigenvalue weighted by Crippen LogP contribution is -2.62. The summed E-state index contributed by atoms with van der Waals surface area (Å²) in [4.78, 5) is 104. The zero-order valence-electron chi connectivity index (χ0n) is 38.7. The normalized spacial score (nSPS) is 17.3. The molecule has 0 saturated carbocycles. The van der Waals surface area contributed by atoms with Crippen LogP contribution in [0.5, 0.6) is 0 Å². The fourth-order valence-electron chi connectivity index (χ4n) is 9.44. The van der Waals surface area contributed by atoms with Gasteiger partial charge in [-0.25, -0.2) is 19.7 Å². The van der Waals surface area contributed by atoms with Gasteiger partial charge in [-0.2, -0.15) is 0 Å². The number of thiocarbonyl (C=S) groups is 1. The molecule has 1 amide bonds. The van der Waals surface area contributed by atoms with Gasteiger partial charge in [0.2, 0.25) is 5.91 Å². The first kappa shape index (κ1) is 51.1. The number of carboxylic acids is 5. The van der Waals surface area contributed by atoms with E-state index in [-0.39, 0.29) is 43.7 Å². The van der Waals surface area contributed by atoms with Crippen LogP contribution in [0.4, 0.5) is 5.69 Å². The van der Waals surface area contributed by atoms with Gasteiger partial charge in [0, 0.05) is 43.6 Å². The molecule has 2 aliphatic rings. The SMILES string of the molecule is CC1(C)CC2C(CC(=O)C(CC(=S)Nc3ccc(-c4cc(-c5cccc(CN(CC(=O)O)CC(=O)O)n5)nc(-c5cccc(CN(CC(=O)O)CC(=O)O)n5)c4)cc3)c3ccccc3)C(=O)N2C1C(=O)O. The van der Waals surface area contributed by atoms with Crippen molar-refractivity contribution in [3.63, 3.8) is 0 Å². The van der Waals surface area contributed by atoms with Gasteiger partial charge in [-0.1, -0.05) is 80.7 Å². The Balaban J connectivity index is 1.14. The molecule has 6 N–H and O–H groups in total. The molecule has 2 saturated heterocycles. The second-order valence-corrected chi connectivity index (χ2v) is 18.8. The summed E-state index contributed by atoms with van der Waals surface area (Å²) in [6, 6.07) is 28.8. The molecule has 2 aliphatic heterocycles. The van der Waals surface area contributed by atoms with E-state index in [0.29, 0.717) is 56.8 Å². The number of benzene rings is 2. The highest BCUT2D eigenvalue weighted by Crippen LogP contribution is 2.50. The van der Waals surface area contributed by atoms with Gasteiger partial charge in [-0.15, -0.1) is 0 Å². The average Bonchev–Trinajstić information content (AvgIpc) is 3.57. The molecule has 71 heavy (non-hydrogen) atoms. The van der Waals surface area contributed by atoms with Crippen molar-refractivity contribution in [2.45, 2.75) is 64.2 Å². The molecule has 0 aliphatic carbocycles. The summed E-state index contributed by atoms with van der Waals surface area (Å²) in [6.45, 7) is 1.34. The van der Waals surface area contributed by atoms with Crippen LogP contribution in [-0.2, 0) is 46.7 Å². The Morgan fingerprint density at radius 3 is 1.66 bits per heavy atom. The lowest BCUT2D eigenvalue weighted by atomic mass is 9.77. The summed E-state index contributed by atoms with van der Waals surface area (Å²) >= 11 is 5.83. The van der Waals surface area contributed by atoms with E-state index in [0.717, 1.165) is 11.1 Å². The van der Waals surface area contributed by atoms with Crippen LogP contribution in [0, 0.1) is 11.3 Å². The molecule has 0 radical (unpaired) electrons. The first-order valence-electron chi connectivity index (χ1n) is 22.5. The van der Waals surface area contributed by atoms with E-state index in [9.17, 15) is 59.1 Å². The molecule has 5 heterocycles. The maximum absolute atomic E-state index is 14.1. The minimum absolute atomic E-state index is 0.0450. The van der Waals surface area contributed by atoms with Crippen molar-refractivity contribution in [2.75, 3.05) is 31.5 Å². The van der Waals surface area contributed by atoms with Gasteiger partial charge in [0.25, 0.3) is 0 Å². The Morgan fingerprint density at radius 1 is 0.676 bits per heavy atom. The third kappa shape index (κ3) is 12.7. The summed E-state index contributed by atoms with van der Waals surface area (Å²) in [5.74, 6) is -7.68. The number of anilines is 1. The van der Waals surface area contributed by atoms with Crippen molar-refractivity contribution in [1.29, 1.82) is 0 Å². The number of Topliss-reactive ketones (excluding diaryl/α,β-unsaturated/α-hetero) is 1. The molecule has 19 nitrogen and oxygen atoms in total. The van der Waals surface area contributed by atoms with E-state index < -0.39 is 79.3 Å². The molecule has 20 heteroatoms. The number of rotatable bonds is 23. The van der Waals surface area contributed by atoms with Crippen LogP contribution in [0.15, 0.2) is 103 Å². The van der Waals surface area contributed by atoms with Crippen LogP contribution in [0.1, 0.15) is 56.0 Å². The van der Waals surface area contributed by atoms with Crippen LogP contribution in [0.3, 0.4) is 0 Å². The number of fused-ring (bicyclic) bond motifs is 1. The van der Waals surface area contributed by atoms with Crippen molar-refractivity contribution in [3.05, 3.63) is 120 Å². The van der Waals surface area contributed by atoms with E-state index >= 15 is 0 Å². The third-order valence-electron chi connectivity index (χ3n) is 12.5. The van der Waals surface area contributed by atoms with Crippen molar-refractivity contribution in [3.8, 4) is 33.9 Å². The number of carbonyl (C=O) groups is 7. The number of aliphatic carboxylic acids is 5. The van der Waals surface area contributed by atoms with Crippen molar-refractivity contribution < 1.29 is 59.1 Å². The first-order valence-corrected chi connectivity index (χ1v) is 22.9. The largest absolute Gasteiger partial charge is 0.480 e. The van der Waals surface area contributed by atoms with Crippen molar-refractivity contribution in [1.82, 2.24) is 29.7 Å². The van der Waals surface area contributed by atoms with E-state index in [1.807, 2.05) is 56.3 Å². The standard InChI is InChI=1S/C51H51N7O12S/c1-51(2)22-41-36(49(68)58(41)48(51)50(69)70)20-42(59)35(30-8-4-3-5-9-30)21-43(71)54-32-16-14-29(15-17-32)31-18-39(37-12-6-10-33(52-37)23-56(25-44(60)61)26-45(62)63)55-40(19-31)38-13-7-11-34(53-38)24-57(27-46(64)65)28-47(66)67/h3-19,35-36,41,48H,20-28H2,1-2H3,(H,54,71)(H,60,61)(H,62,63)(H,64,65)(H,66,67)(H,69,70).